The number of rotatable bonds is 7. The van der Waals surface area contributed by atoms with E-state index in [1.807, 2.05) is 0 Å². The lowest BCUT2D eigenvalue weighted by Crippen LogP contribution is -2.19. The molecule has 2 aliphatic rings. The fourth-order valence-electron chi connectivity index (χ4n) is 4.39. The second-order valence-corrected chi connectivity index (χ2v) is 10.0. The number of aromatic nitrogens is 1. The average Bonchev–Trinajstić information content (AvgIpc) is 3.72. The molecule has 1 unspecified atom stereocenters. The van der Waals surface area contributed by atoms with Crippen LogP contribution in [0.1, 0.15) is 57.2 Å². The molecule has 1 aromatic heterocycles. The van der Waals surface area contributed by atoms with Gasteiger partial charge in [-0.15, -0.1) is 0 Å². The topological polar surface area (TPSA) is 152 Å². The van der Waals surface area contributed by atoms with Crippen molar-refractivity contribution in [1.29, 1.82) is 5.41 Å². The van der Waals surface area contributed by atoms with Gasteiger partial charge in [-0.1, -0.05) is 17.7 Å². The first-order chi connectivity index (χ1) is 21.2. The Morgan fingerprint density at radius 3 is 2.22 bits per heavy atom. The summed E-state index contributed by atoms with van der Waals surface area (Å²) in [6.07, 6.45) is 4.19. The maximum Gasteiger partial charge on any atom is 0.235 e. The second-order valence-electron chi connectivity index (χ2n) is 9.65. The van der Waals surface area contributed by atoms with E-state index in [4.69, 9.17) is 31.3 Å². The Bertz CT molecular complexity index is 1450. The molecule has 1 aromatic carbocycles. The molecule has 0 radical (unpaired) electrons. The summed E-state index contributed by atoms with van der Waals surface area (Å²) in [5.74, 6) is -2.40. The first kappa shape index (κ1) is 38.8. The predicted octanol–water partition coefficient (Wildman–Crippen LogP) is 7.19. The molecule has 0 aliphatic heterocycles. The minimum atomic E-state index is -2.17. The van der Waals surface area contributed by atoms with Crippen LogP contribution >= 0.6 is 11.6 Å². The number of ether oxygens (including phenoxy) is 1. The van der Waals surface area contributed by atoms with E-state index < -0.39 is 34.7 Å². The number of nitrogens with two attached hydrogens (primary N) is 2. The van der Waals surface area contributed by atoms with Crippen LogP contribution in [0.3, 0.4) is 0 Å². The Morgan fingerprint density at radius 2 is 1.73 bits per heavy atom. The van der Waals surface area contributed by atoms with Crippen LogP contribution in [0.15, 0.2) is 53.3 Å². The van der Waals surface area contributed by atoms with Gasteiger partial charge in [-0.05, 0) is 94.0 Å². The smallest absolute Gasteiger partial charge is 0.235 e. The van der Waals surface area contributed by atoms with E-state index in [-0.39, 0.29) is 48.6 Å². The summed E-state index contributed by atoms with van der Waals surface area (Å²) in [5.41, 5.74) is 9.16. The third-order valence-corrected chi connectivity index (χ3v) is 6.77. The zero-order chi connectivity index (χ0) is 34.5. The normalized spacial score (nSPS) is 16.0. The highest BCUT2D eigenvalue weighted by molar-refractivity contribution is 6.31. The summed E-state index contributed by atoms with van der Waals surface area (Å²) in [5, 5.41) is 17.5. The number of allylic oxidation sites excluding steroid dienone is 5. The van der Waals surface area contributed by atoms with Crippen LogP contribution in [0.2, 0.25) is 5.02 Å². The van der Waals surface area contributed by atoms with Gasteiger partial charge in [-0.3, -0.25) is 15.0 Å². The monoisotopic (exact) mass is 658 g/mol. The molecule has 1 saturated carbocycles. The molecule has 45 heavy (non-hydrogen) atoms. The van der Waals surface area contributed by atoms with E-state index in [1.54, 1.807) is 39.0 Å². The molecule has 4 rings (SSSR count). The number of aryl methyl sites for hydroxylation is 1. The first-order valence-electron chi connectivity index (χ1n) is 13.6. The number of nitrogens with one attached hydrogen (secondary N) is 1. The minimum absolute atomic E-state index is 0.00942. The van der Waals surface area contributed by atoms with Gasteiger partial charge in [0.15, 0.2) is 5.82 Å². The van der Waals surface area contributed by atoms with Gasteiger partial charge in [-0.2, -0.15) is 0 Å². The molecule has 1 atom stereocenters. The molecule has 8 nitrogen and oxygen atoms in total. The largest absolute Gasteiger partial charge is 0.506 e. The molecule has 1 heterocycles. The van der Waals surface area contributed by atoms with E-state index in [2.05, 4.69) is 16.5 Å². The Kier molecular flexibility index (Phi) is 15.4. The number of carbonyl (C=O) groups excluding carboxylic acids is 2. The number of nitrogens with zero attached hydrogens (tertiary/aromatic N) is 1. The standard InChI is InChI=1S/C27H26ClF3N2O2.C2H4F2.2CH3NO/c1-4-16-11-15(13-21(34)24(16)32)12-18(27(31)8-9-27)20-10-14(3)26(35-5-2)25(33-20)17-6-7-19(29)22(28)23(17)30;1-2(3)4;2*2-1-3/h4,6-7,10-11,13,18,32,34H,5,8-9,12H2,1-3H3;2H,1H3;2*1H,(H2,2,3)/b16-4-,32-24?;;;. The second kappa shape index (κ2) is 17.9. The number of hydrogen-bond acceptors (Lipinski definition) is 6. The summed E-state index contributed by atoms with van der Waals surface area (Å²) < 4.78 is 70.9. The minimum Gasteiger partial charge on any atom is -0.506 e. The molecule has 0 bridgehead atoms. The number of aliphatic hydroxyl groups excluding tert-OH is 1. The van der Waals surface area contributed by atoms with E-state index in [9.17, 15) is 18.3 Å². The Balaban J connectivity index is 0.000000893. The quantitative estimate of drug-likeness (QED) is 0.141. The van der Waals surface area contributed by atoms with E-state index in [1.165, 1.54) is 12.1 Å². The first-order valence-corrected chi connectivity index (χ1v) is 14.0. The highest BCUT2D eigenvalue weighted by Crippen LogP contribution is 2.54. The number of halogens is 6. The number of aliphatic hydroxyl groups is 1. The van der Waals surface area contributed by atoms with Gasteiger partial charge in [0.1, 0.15) is 39.4 Å². The number of amides is 2. The van der Waals surface area contributed by atoms with Crippen LogP contribution in [0.5, 0.6) is 5.75 Å². The van der Waals surface area contributed by atoms with Crippen molar-refractivity contribution >= 4 is 30.1 Å². The van der Waals surface area contributed by atoms with Crippen LogP contribution in [0.4, 0.5) is 22.0 Å². The molecule has 0 spiro atoms. The molecule has 2 aromatic rings. The van der Waals surface area contributed by atoms with Crippen molar-refractivity contribution < 1.29 is 41.4 Å². The lowest BCUT2D eigenvalue weighted by Gasteiger charge is -2.25. The summed E-state index contributed by atoms with van der Waals surface area (Å²) in [6.45, 7) is 6.43. The molecule has 1 fully saturated rings. The van der Waals surface area contributed by atoms with E-state index in [0.717, 1.165) is 13.0 Å². The third-order valence-electron chi connectivity index (χ3n) is 6.43. The molecule has 2 aliphatic carbocycles. The average molecular weight is 659 g/mol. The van der Waals surface area contributed by atoms with Crippen molar-refractivity contribution in [3.8, 4) is 17.0 Å². The number of carbonyl (C=O) groups is 2. The van der Waals surface area contributed by atoms with Crippen LogP contribution in [-0.4, -0.2) is 47.3 Å². The van der Waals surface area contributed by atoms with Crippen LogP contribution in [0, 0.1) is 24.0 Å². The van der Waals surface area contributed by atoms with Gasteiger partial charge in [0.25, 0.3) is 0 Å². The number of primary amides is 2. The zero-order valence-corrected chi connectivity index (χ0v) is 25.9. The fraction of sp³-hybridized carbons (Fsp3) is 0.355. The maximum absolute atomic E-state index is 15.7. The highest BCUT2D eigenvalue weighted by atomic mass is 35.5. The van der Waals surface area contributed by atoms with E-state index in [0.29, 0.717) is 41.0 Å². The summed E-state index contributed by atoms with van der Waals surface area (Å²) in [7, 11) is 0. The molecular formula is C31H36ClF5N4O4. The Morgan fingerprint density at radius 1 is 1.18 bits per heavy atom. The van der Waals surface area contributed by atoms with Crippen LogP contribution in [0.25, 0.3) is 11.3 Å². The number of hydrogen-bond donors (Lipinski definition) is 4. The molecular weight excluding hydrogens is 623 g/mol. The van der Waals surface area contributed by atoms with Crippen molar-refractivity contribution in [3.63, 3.8) is 0 Å². The Labute approximate surface area is 263 Å². The van der Waals surface area contributed by atoms with Gasteiger partial charge < -0.3 is 21.3 Å². The SMILES string of the molecule is C/C=C1/C=C(CC(c2cc(C)c(OCC)c(-c3ccc(F)c(Cl)c3F)n2)C2(F)CC2)C=C(O)C1=N.CC(F)F.NC=O.NC=O. The van der Waals surface area contributed by atoms with Gasteiger partial charge in [0.2, 0.25) is 19.2 Å². The van der Waals surface area contributed by atoms with Crippen molar-refractivity contribution in [2.45, 2.75) is 65.0 Å². The molecule has 6 N–H and O–H groups in total. The number of benzene rings is 1. The zero-order valence-electron chi connectivity index (χ0n) is 25.1. The molecule has 0 saturated heterocycles. The van der Waals surface area contributed by atoms with Gasteiger partial charge in [0.05, 0.1) is 6.61 Å². The van der Waals surface area contributed by atoms with Crippen LogP contribution in [-0.2, 0) is 9.59 Å². The van der Waals surface area contributed by atoms with Crippen molar-refractivity contribution in [2.24, 2.45) is 11.5 Å². The van der Waals surface area contributed by atoms with Crippen molar-refractivity contribution in [3.05, 3.63) is 81.2 Å². The lowest BCUT2D eigenvalue weighted by molar-refractivity contribution is -0.107. The fourth-order valence-corrected chi connectivity index (χ4v) is 4.56. The van der Waals surface area contributed by atoms with Crippen LogP contribution < -0.4 is 16.2 Å². The Hall–Kier alpha value is -4.26. The lowest BCUT2D eigenvalue weighted by atomic mass is 9.85. The molecule has 2 amide bonds. The summed E-state index contributed by atoms with van der Waals surface area (Å²) in [4.78, 5) is 21.8. The van der Waals surface area contributed by atoms with Crippen molar-refractivity contribution in [2.75, 3.05) is 6.61 Å². The van der Waals surface area contributed by atoms with Gasteiger partial charge in [0, 0.05) is 17.2 Å². The highest BCUT2D eigenvalue weighted by Gasteiger charge is 2.51. The molecule has 14 heteroatoms. The maximum atomic E-state index is 15.7. The summed E-state index contributed by atoms with van der Waals surface area (Å²) >= 11 is 5.83. The van der Waals surface area contributed by atoms with Gasteiger partial charge >= 0.3 is 0 Å². The third kappa shape index (κ3) is 10.7. The summed E-state index contributed by atoms with van der Waals surface area (Å²) in [6, 6.07) is 4.03. The molecule has 246 valence electrons. The van der Waals surface area contributed by atoms with E-state index >= 15 is 8.78 Å². The van der Waals surface area contributed by atoms with Crippen molar-refractivity contribution in [1.82, 2.24) is 4.98 Å². The number of alkyl halides is 3. The van der Waals surface area contributed by atoms with Gasteiger partial charge in [-0.25, -0.2) is 26.9 Å². The number of pyridine rings is 1. The predicted molar refractivity (Wildman–Crippen MR) is 163 cm³/mol.